The minimum Gasteiger partial charge on any atom is -0.314 e. The maximum Gasteiger partial charge on any atom is 0.0555 e. The van der Waals surface area contributed by atoms with Crippen molar-refractivity contribution in [3.05, 3.63) is 22.7 Å². The van der Waals surface area contributed by atoms with Crippen LogP contribution in [0.5, 0.6) is 0 Å². The summed E-state index contributed by atoms with van der Waals surface area (Å²) in [5.41, 5.74) is 1.36. The van der Waals surface area contributed by atoms with E-state index in [1.54, 1.807) is 23.5 Å². The molecule has 1 unspecified atom stereocenters. The second-order valence-corrected chi connectivity index (χ2v) is 6.74. The van der Waals surface area contributed by atoms with Crippen molar-refractivity contribution in [3.63, 3.8) is 0 Å². The molecule has 0 spiro atoms. The van der Waals surface area contributed by atoms with Gasteiger partial charge in [-0.05, 0) is 56.0 Å². The molecular weight excluding hydrogens is 282 g/mol. The van der Waals surface area contributed by atoms with Gasteiger partial charge in [0.05, 0.1) is 5.02 Å². The van der Waals surface area contributed by atoms with Crippen LogP contribution in [-0.4, -0.2) is 25.1 Å². The van der Waals surface area contributed by atoms with Crippen LogP contribution in [0.1, 0.15) is 24.8 Å². The summed E-state index contributed by atoms with van der Waals surface area (Å²) >= 11 is 9.89. The molecular formula is C14H20ClNS2. The third-order valence-corrected chi connectivity index (χ3v) is 5.54. The molecule has 0 amide bonds. The zero-order chi connectivity index (χ0) is 13.0. The maximum absolute atomic E-state index is 6.38. The lowest BCUT2D eigenvalue weighted by atomic mass is 9.98. The predicted molar refractivity (Wildman–Crippen MR) is 84.4 cm³/mol. The van der Waals surface area contributed by atoms with Crippen LogP contribution in [0.2, 0.25) is 5.02 Å². The Kier molecular flexibility index (Phi) is 5.74. The number of rotatable bonds is 4. The predicted octanol–water partition coefficient (Wildman–Crippen LogP) is 4.47. The second kappa shape index (κ2) is 7.09. The van der Waals surface area contributed by atoms with Crippen LogP contribution in [0, 0.1) is 0 Å². The third-order valence-electron chi connectivity index (χ3n) is 3.39. The monoisotopic (exact) mass is 301 g/mol. The first kappa shape index (κ1) is 14.6. The minimum absolute atomic E-state index is 0.629. The van der Waals surface area contributed by atoms with E-state index in [9.17, 15) is 0 Å². The second-order valence-electron chi connectivity index (χ2n) is 4.66. The molecule has 2 rings (SSSR count). The van der Waals surface area contributed by atoms with Crippen LogP contribution in [0.15, 0.2) is 21.9 Å². The van der Waals surface area contributed by atoms with Crippen molar-refractivity contribution in [2.75, 3.05) is 19.1 Å². The Labute approximate surface area is 123 Å². The summed E-state index contributed by atoms with van der Waals surface area (Å²) in [6, 6.07) is 5.08. The number of thioether (sulfide) groups is 2. The lowest BCUT2D eigenvalue weighted by Gasteiger charge is -2.24. The van der Waals surface area contributed by atoms with E-state index in [1.807, 2.05) is 0 Å². The van der Waals surface area contributed by atoms with E-state index in [4.69, 9.17) is 11.6 Å². The highest BCUT2D eigenvalue weighted by atomic mass is 35.5. The topological polar surface area (TPSA) is 12.0 Å². The Morgan fingerprint density at radius 1 is 1.28 bits per heavy atom. The van der Waals surface area contributed by atoms with E-state index in [-0.39, 0.29) is 0 Å². The number of nitrogens with one attached hydrogen (secondary N) is 1. The van der Waals surface area contributed by atoms with E-state index in [0.717, 1.165) is 18.0 Å². The summed E-state index contributed by atoms with van der Waals surface area (Å²) in [6.07, 6.45) is 9.26. The van der Waals surface area contributed by atoms with Gasteiger partial charge in [0.1, 0.15) is 0 Å². The number of benzene rings is 1. The average molecular weight is 302 g/mol. The summed E-state index contributed by atoms with van der Waals surface area (Å²) in [5, 5.41) is 4.50. The van der Waals surface area contributed by atoms with Gasteiger partial charge in [0, 0.05) is 15.8 Å². The number of halogens is 1. The van der Waals surface area contributed by atoms with E-state index in [0.29, 0.717) is 6.04 Å². The van der Waals surface area contributed by atoms with Crippen LogP contribution < -0.4 is 5.32 Å². The highest BCUT2D eigenvalue weighted by molar-refractivity contribution is 8.01. The van der Waals surface area contributed by atoms with E-state index in [2.05, 4.69) is 30.0 Å². The summed E-state index contributed by atoms with van der Waals surface area (Å²) in [4.78, 5) is 2.52. The highest BCUT2D eigenvalue weighted by Gasteiger charge is 2.15. The summed E-state index contributed by atoms with van der Waals surface area (Å²) in [7, 11) is 0. The third kappa shape index (κ3) is 3.60. The highest BCUT2D eigenvalue weighted by Crippen LogP contribution is 2.36. The molecule has 1 aromatic carbocycles. The minimum atomic E-state index is 0.629. The molecule has 0 saturated carbocycles. The fourth-order valence-corrected chi connectivity index (χ4v) is 4.58. The normalized spacial score (nSPS) is 20.1. The molecule has 0 radical (unpaired) electrons. The number of hydrogen-bond acceptors (Lipinski definition) is 3. The first-order valence-electron chi connectivity index (χ1n) is 6.38. The lowest BCUT2D eigenvalue weighted by Crippen LogP contribution is -2.35. The van der Waals surface area contributed by atoms with Crippen molar-refractivity contribution in [1.29, 1.82) is 0 Å². The first-order valence-corrected chi connectivity index (χ1v) is 9.21. The van der Waals surface area contributed by atoms with Gasteiger partial charge < -0.3 is 5.32 Å². The zero-order valence-corrected chi connectivity index (χ0v) is 13.4. The van der Waals surface area contributed by atoms with Crippen LogP contribution in [0.4, 0.5) is 0 Å². The van der Waals surface area contributed by atoms with Gasteiger partial charge in [-0.1, -0.05) is 18.0 Å². The Bertz CT molecular complexity index is 403. The molecule has 1 N–H and O–H groups in total. The Morgan fingerprint density at radius 2 is 2.11 bits per heavy atom. The van der Waals surface area contributed by atoms with Crippen LogP contribution in [0.25, 0.3) is 0 Å². The quantitative estimate of drug-likeness (QED) is 0.824. The molecule has 1 nitrogen and oxygen atoms in total. The van der Waals surface area contributed by atoms with Crippen molar-refractivity contribution in [1.82, 2.24) is 5.32 Å². The van der Waals surface area contributed by atoms with Crippen molar-refractivity contribution in [3.8, 4) is 0 Å². The van der Waals surface area contributed by atoms with E-state index >= 15 is 0 Å². The number of hydrogen-bond donors (Lipinski definition) is 1. The van der Waals surface area contributed by atoms with Gasteiger partial charge in [-0.2, -0.15) is 0 Å². The Morgan fingerprint density at radius 3 is 2.72 bits per heavy atom. The van der Waals surface area contributed by atoms with Crippen molar-refractivity contribution < 1.29 is 0 Å². The van der Waals surface area contributed by atoms with Crippen molar-refractivity contribution in [2.45, 2.75) is 41.5 Å². The van der Waals surface area contributed by atoms with Gasteiger partial charge in [-0.15, -0.1) is 23.5 Å². The fraction of sp³-hybridized carbons (Fsp3) is 0.571. The maximum atomic E-state index is 6.38. The van der Waals surface area contributed by atoms with Crippen LogP contribution in [-0.2, 0) is 6.42 Å². The summed E-state index contributed by atoms with van der Waals surface area (Å²) in [5.74, 6) is 0. The van der Waals surface area contributed by atoms with Gasteiger partial charge in [0.15, 0.2) is 0 Å². The van der Waals surface area contributed by atoms with Gasteiger partial charge >= 0.3 is 0 Å². The molecule has 0 bridgehead atoms. The van der Waals surface area contributed by atoms with E-state index < -0.39 is 0 Å². The van der Waals surface area contributed by atoms with Crippen molar-refractivity contribution >= 4 is 35.1 Å². The largest absolute Gasteiger partial charge is 0.314 e. The molecule has 4 heteroatoms. The number of piperidine rings is 1. The average Bonchev–Trinajstić information content (AvgIpc) is 2.39. The molecule has 1 aromatic rings. The van der Waals surface area contributed by atoms with Gasteiger partial charge in [0.2, 0.25) is 0 Å². The van der Waals surface area contributed by atoms with Crippen LogP contribution in [0.3, 0.4) is 0 Å². The van der Waals surface area contributed by atoms with Gasteiger partial charge in [0.25, 0.3) is 0 Å². The molecule has 1 fully saturated rings. The SMILES string of the molecule is CSc1cc(CC2CCCCN2)cc(Cl)c1SC. The summed E-state index contributed by atoms with van der Waals surface area (Å²) < 4.78 is 0. The van der Waals surface area contributed by atoms with E-state index in [1.165, 1.54) is 34.6 Å². The summed E-state index contributed by atoms with van der Waals surface area (Å²) in [6.45, 7) is 1.16. The fourth-order valence-electron chi connectivity index (χ4n) is 2.47. The first-order chi connectivity index (χ1) is 8.74. The van der Waals surface area contributed by atoms with Gasteiger partial charge in [-0.3, -0.25) is 0 Å². The Balaban J connectivity index is 2.15. The lowest BCUT2D eigenvalue weighted by molar-refractivity contribution is 0.399. The molecule has 1 aliphatic heterocycles. The Hall–Kier alpha value is 0.170. The molecule has 0 aliphatic carbocycles. The smallest absolute Gasteiger partial charge is 0.0555 e. The molecule has 1 saturated heterocycles. The molecule has 100 valence electrons. The zero-order valence-electron chi connectivity index (χ0n) is 11.0. The van der Waals surface area contributed by atoms with Gasteiger partial charge in [-0.25, -0.2) is 0 Å². The van der Waals surface area contributed by atoms with Crippen LogP contribution >= 0.6 is 35.1 Å². The molecule has 0 aromatic heterocycles. The van der Waals surface area contributed by atoms with Crippen molar-refractivity contribution in [2.24, 2.45) is 0 Å². The standard InChI is InChI=1S/C14H20ClNS2/c1-17-13-9-10(8-12(15)14(13)18-2)7-11-5-3-4-6-16-11/h8-9,11,16H,3-7H2,1-2H3. The molecule has 1 heterocycles. The molecule has 1 atom stereocenters. The molecule has 18 heavy (non-hydrogen) atoms. The molecule has 1 aliphatic rings.